The molecular weight excluding hydrogens is 482 g/mol. The van der Waals surface area contributed by atoms with Gasteiger partial charge in [-0.15, -0.1) is 0 Å². The van der Waals surface area contributed by atoms with E-state index in [0.29, 0.717) is 29.9 Å². The van der Waals surface area contributed by atoms with Gasteiger partial charge in [-0.05, 0) is 55.4 Å². The number of rotatable bonds is 7. The quantitative estimate of drug-likeness (QED) is 0.352. The number of nitrogens with one attached hydrogen (secondary N) is 2. The normalized spacial score (nSPS) is 17.7. The van der Waals surface area contributed by atoms with Crippen LogP contribution in [0.15, 0.2) is 47.3 Å². The number of aromatic nitrogens is 2. The van der Waals surface area contributed by atoms with E-state index < -0.39 is 36.1 Å². The summed E-state index contributed by atoms with van der Waals surface area (Å²) in [7, 11) is 0. The van der Waals surface area contributed by atoms with Gasteiger partial charge < -0.3 is 20.4 Å². The Bertz CT molecular complexity index is 1290. The summed E-state index contributed by atoms with van der Waals surface area (Å²) in [6.07, 6.45) is 3.01. The summed E-state index contributed by atoms with van der Waals surface area (Å²) in [6, 6.07) is 7.47. The Morgan fingerprint density at radius 2 is 1.97 bits per heavy atom. The largest absolute Gasteiger partial charge is 0.618 e. The van der Waals surface area contributed by atoms with Crippen molar-refractivity contribution < 1.29 is 27.6 Å². The first-order chi connectivity index (χ1) is 17.6. The van der Waals surface area contributed by atoms with E-state index in [1.54, 1.807) is 44.2 Å². The van der Waals surface area contributed by atoms with Gasteiger partial charge in [-0.3, -0.25) is 9.59 Å². The topological polar surface area (TPSA) is 111 Å². The highest BCUT2D eigenvalue weighted by Crippen LogP contribution is 2.38. The van der Waals surface area contributed by atoms with Gasteiger partial charge >= 0.3 is 0 Å². The molecule has 8 nitrogen and oxygen atoms in total. The Labute approximate surface area is 213 Å². The number of aryl methyl sites for hydroxylation is 2. The van der Waals surface area contributed by atoms with Crippen LogP contribution in [0.5, 0.6) is 0 Å². The molecule has 10 heteroatoms. The van der Waals surface area contributed by atoms with E-state index in [1.807, 2.05) is 6.92 Å². The summed E-state index contributed by atoms with van der Waals surface area (Å²) < 4.78 is 34.2. The molecule has 2 atom stereocenters. The van der Waals surface area contributed by atoms with E-state index in [1.165, 1.54) is 12.5 Å². The predicted octanol–water partition coefficient (Wildman–Crippen LogP) is 4.72. The zero-order valence-corrected chi connectivity index (χ0v) is 21.0. The summed E-state index contributed by atoms with van der Waals surface area (Å²) in [5, 5.41) is 21.2. The molecule has 2 heterocycles. The molecule has 0 bridgehead atoms. The highest BCUT2D eigenvalue weighted by atomic mass is 19.3. The number of carbonyl (C=O) groups excluding carboxylic acids is 2. The number of nitrogens with zero attached hydrogens (tertiary/aromatic N) is 2. The number of hydrogen-bond acceptors (Lipinski definition) is 5. The first-order valence-electron chi connectivity index (χ1n) is 12.3. The van der Waals surface area contributed by atoms with Crippen molar-refractivity contribution in [1.82, 2.24) is 10.5 Å². The van der Waals surface area contributed by atoms with Crippen LogP contribution in [0.25, 0.3) is 11.1 Å². The van der Waals surface area contributed by atoms with Crippen LogP contribution in [0.3, 0.4) is 0 Å². The van der Waals surface area contributed by atoms with Crippen LogP contribution in [-0.4, -0.2) is 28.9 Å². The minimum atomic E-state index is -2.90. The van der Waals surface area contributed by atoms with Crippen molar-refractivity contribution in [2.24, 2.45) is 5.92 Å². The van der Waals surface area contributed by atoms with E-state index in [4.69, 9.17) is 4.52 Å². The maximum Gasteiger partial charge on any atom is 0.257 e. The SMILES string of the molecule is CCc1nocc1C(=O)N[C@H](C(=O)Nc1ccc(-c2c(C)cc[n+]([O-])c2C)cc1)[C@H]1CCCC(F)(F)C1. The van der Waals surface area contributed by atoms with Crippen LogP contribution in [0.4, 0.5) is 14.5 Å². The van der Waals surface area contributed by atoms with Gasteiger partial charge in [0.15, 0.2) is 11.9 Å². The van der Waals surface area contributed by atoms with E-state index in [-0.39, 0.29) is 18.4 Å². The molecule has 196 valence electrons. The third-order valence-electron chi connectivity index (χ3n) is 6.93. The average molecular weight is 513 g/mol. The predicted molar refractivity (Wildman–Crippen MR) is 133 cm³/mol. The molecular formula is C27H30F2N4O4. The number of alkyl halides is 2. The van der Waals surface area contributed by atoms with Gasteiger partial charge in [0.05, 0.1) is 11.3 Å². The van der Waals surface area contributed by atoms with E-state index in [2.05, 4.69) is 15.8 Å². The summed E-state index contributed by atoms with van der Waals surface area (Å²) in [5.41, 5.74) is 4.13. The van der Waals surface area contributed by atoms with Crippen molar-refractivity contribution in [3.8, 4) is 11.1 Å². The van der Waals surface area contributed by atoms with Gasteiger partial charge in [0.1, 0.15) is 17.9 Å². The smallest absolute Gasteiger partial charge is 0.257 e. The van der Waals surface area contributed by atoms with Crippen molar-refractivity contribution in [2.75, 3.05) is 5.32 Å². The summed E-state index contributed by atoms with van der Waals surface area (Å²) in [5.74, 6) is -4.81. The number of amides is 2. The van der Waals surface area contributed by atoms with Crippen molar-refractivity contribution >= 4 is 17.5 Å². The fourth-order valence-corrected chi connectivity index (χ4v) is 4.96. The van der Waals surface area contributed by atoms with Gasteiger partial charge in [-0.2, -0.15) is 4.73 Å². The Morgan fingerprint density at radius 3 is 2.65 bits per heavy atom. The molecule has 2 aromatic heterocycles. The minimum Gasteiger partial charge on any atom is -0.618 e. The van der Waals surface area contributed by atoms with Crippen molar-refractivity contribution in [3.05, 3.63) is 70.5 Å². The number of carbonyl (C=O) groups is 2. The van der Waals surface area contributed by atoms with Gasteiger partial charge in [-0.1, -0.05) is 24.2 Å². The molecule has 0 radical (unpaired) electrons. The summed E-state index contributed by atoms with van der Waals surface area (Å²) >= 11 is 0. The molecule has 1 saturated carbocycles. The number of benzene rings is 1. The maximum absolute atomic E-state index is 14.2. The number of halogens is 2. The second kappa shape index (κ2) is 10.7. The molecule has 1 aliphatic carbocycles. The molecule has 1 aliphatic rings. The standard InChI is InChI=1S/C27H30F2N4O4/c1-4-22-21(15-37-32-22)25(34)31-24(19-6-5-12-27(28,29)14-19)26(35)30-20-9-7-18(8-10-20)23-16(2)11-13-33(36)17(23)3/h7-11,13,15,19,24H,4-6,12,14H2,1-3H3,(H,30,35)(H,31,34)/t19-,24-/m0/s1. The van der Waals surface area contributed by atoms with E-state index in [9.17, 15) is 23.6 Å². The maximum atomic E-state index is 14.2. The van der Waals surface area contributed by atoms with E-state index >= 15 is 0 Å². The monoisotopic (exact) mass is 512 g/mol. The molecule has 0 spiro atoms. The van der Waals surface area contributed by atoms with Gasteiger partial charge in [0.2, 0.25) is 11.8 Å². The molecule has 37 heavy (non-hydrogen) atoms. The highest BCUT2D eigenvalue weighted by Gasteiger charge is 2.42. The lowest BCUT2D eigenvalue weighted by Crippen LogP contribution is -2.51. The zero-order chi connectivity index (χ0) is 26.7. The Balaban J connectivity index is 1.56. The van der Waals surface area contributed by atoms with Crippen LogP contribution in [0.2, 0.25) is 0 Å². The molecule has 1 aromatic carbocycles. The van der Waals surface area contributed by atoms with Crippen LogP contribution < -0.4 is 15.4 Å². The fourth-order valence-electron chi connectivity index (χ4n) is 4.96. The number of anilines is 1. The Hall–Kier alpha value is -3.82. The Morgan fingerprint density at radius 1 is 1.24 bits per heavy atom. The van der Waals surface area contributed by atoms with Crippen molar-refractivity contribution in [2.45, 2.75) is 64.8 Å². The van der Waals surface area contributed by atoms with Gasteiger partial charge in [0.25, 0.3) is 5.91 Å². The molecule has 2 amide bonds. The van der Waals surface area contributed by atoms with Crippen LogP contribution >= 0.6 is 0 Å². The molecule has 0 saturated heterocycles. The summed E-state index contributed by atoms with van der Waals surface area (Å²) in [4.78, 5) is 26.3. The summed E-state index contributed by atoms with van der Waals surface area (Å²) in [6.45, 7) is 5.45. The lowest BCUT2D eigenvalue weighted by Gasteiger charge is -2.34. The highest BCUT2D eigenvalue weighted by molar-refractivity contribution is 6.01. The molecule has 3 aromatic rings. The third kappa shape index (κ3) is 5.79. The van der Waals surface area contributed by atoms with Crippen molar-refractivity contribution in [1.29, 1.82) is 0 Å². The molecule has 2 N–H and O–H groups in total. The average Bonchev–Trinajstić information content (AvgIpc) is 3.34. The first kappa shape index (κ1) is 26.2. The minimum absolute atomic E-state index is 0.177. The van der Waals surface area contributed by atoms with E-state index in [0.717, 1.165) is 21.4 Å². The first-order valence-corrected chi connectivity index (χ1v) is 12.3. The van der Waals surface area contributed by atoms with Crippen molar-refractivity contribution in [3.63, 3.8) is 0 Å². The van der Waals surface area contributed by atoms with Gasteiger partial charge in [-0.25, -0.2) is 8.78 Å². The Kier molecular flexibility index (Phi) is 7.56. The van der Waals surface area contributed by atoms with Crippen LogP contribution in [-0.2, 0) is 11.2 Å². The molecule has 0 unspecified atom stereocenters. The second-order valence-corrected chi connectivity index (χ2v) is 9.54. The molecule has 0 aliphatic heterocycles. The lowest BCUT2D eigenvalue weighted by atomic mass is 9.81. The lowest BCUT2D eigenvalue weighted by molar-refractivity contribution is -0.611. The van der Waals surface area contributed by atoms with Gasteiger partial charge in [0, 0.05) is 31.5 Å². The third-order valence-corrected chi connectivity index (χ3v) is 6.93. The molecule has 1 fully saturated rings. The zero-order valence-electron chi connectivity index (χ0n) is 21.0. The fraction of sp³-hybridized carbons (Fsp3) is 0.407. The van der Waals surface area contributed by atoms with Crippen LogP contribution in [0, 0.1) is 25.0 Å². The van der Waals surface area contributed by atoms with Crippen LogP contribution in [0.1, 0.15) is 59.9 Å². The number of pyridine rings is 1. The molecule has 4 rings (SSSR count). The second-order valence-electron chi connectivity index (χ2n) is 9.54. The number of hydrogen-bond donors (Lipinski definition) is 2.